The standard InChI is InChI=1S/C15H17N3O2/c1-9-13(15(19)20)14(18(2)17-9)16-12-8-11(12)10-6-4-3-5-7-10/h3-7,11-12,16H,8H2,1-2H3,(H,19,20). The van der Waals surface area contributed by atoms with Gasteiger partial charge in [-0.1, -0.05) is 30.3 Å². The first kappa shape index (κ1) is 12.7. The Labute approximate surface area is 117 Å². The van der Waals surface area contributed by atoms with Gasteiger partial charge < -0.3 is 10.4 Å². The summed E-state index contributed by atoms with van der Waals surface area (Å²) in [4.78, 5) is 11.3. The summed E-state index contributed by atoms with van der Waals surface area (Å²) < 4.78 is 1.61. The van der Waals surface area contributed by atoms with Gasteiger partial charge in [-0.15, -0.1) is 0 Å². The topological polar surface area (TPSA) is 67.2 Å². The molecule has 0 aliphatic heterocycles. The van der Waals surface area contributed by atoms with Gasteiger partial charge in [0.25, 0.3) is 0 Å². The Balaban J connectivity index is 1.79. The number of aromatic carboxylic acids is 1. The lowest BCUT2D eigenvalue weighted by Gasteiger charge is -2.08. The van der Waals surface area contributed by atoms with Crippen LogP contribution in [0.1, 0.15) is 34.0 Å². The van der Waals surface area contributed by atoms with Gasteiger partial charge >= 0.3 is 5.97 Å². The Kier molecular flexibility index (Phi) is 2.97. The molecule has 1 aromatic carbocycles. The number of hydrogen-bond acceptors (Lipinski definition) is 3. The number of aryl methyl sites for hydroxylation is 2. The van der Waals surface area contributed by atoms with Gasteiger partial charge in [0.1, 0.15) is 11.4 Å². The average molecular weight is 271 g/mol. The molecule has 104 valence electrons. The molecule has 2 N–H and O–H groups in total. The number of hydrogen-bond donors (Lipinski definition) is 2. The first-order valence-electron chi connectivity index (χ1n) is 6.66. The normalized spacial score (nSPS) is 20.7. The average Bonchev–Trinajstić information content (AvgIpc) is 3.11. The minimum absolute atomic E-state index is 0.270. The van der Waals surface area contributed by atoms with E-state index in [1.807, 2.05) is 18.2 Å². The fraction of sp³-hybridized carbons (Fsp3) is 0.333. The molecule has 5 nitrogen and oxygen atoms in total. The van der Waals surface area contributed by atoms with Crippen LogP contribution in [0.5, 0.6) is 0 Å². The van der Waals surface area contributed by atoms with Crippen LogP contribution in [0.2, 0.25) is 0 Å². The van der Waals surface area contributed by atoms with Crippen LogP contribution in [0, 0.1) is 6.92 Å². The number of rotatable bonds is 4. The molecule has 0 saturated heterocycles. The van der Waals surface area contributed by atoms with E-state index in [1.54, 1.807) is 18.7 Å². The van der Waals surface area contributed by atoms with E-state index >= 15 is 0 Å². The number of carboxylic acid groups (broad SMARTS) is 1. The smallest absolute Gasteiger partial charge is 0.341 e. The summed E-state index contributed by atoms with van der Waals surface area (Å²) in [6.45, 7) is 1.72. The fourth-order valence-corrected chi connectivity index (χ4v) is 2.68. The highest BCUT2D eigenvalue weighted by atomic mass is 16.4. The quantitative estimate of drug-likeness (QED) is 0.896. The number of nitrogens with one attached hydrogen (secondary N) is 1. The molecule has 5 heteroatoms. The van der Waals surface area contributed by atoms with Crippen molar-refractivity contribution in [3.63, 3.8) is 0 Å². The third kappa shape index (κ3) is 2.15. The van der Waals surface area contributed by atoms with Crippen LogP contribution >= 0.6 is 0 Å². The lowest BCUT2D eigenvalue weighted by atomic mass is 10.1. The van der Waals surface area contributed by atoms with Crippen LogP contribution in [-0.4, -0.2) is 26.9 Å². The Hall–Kier alpha value is -2.30. The van der Waals surface area contributed by atoms with Gasteiger partial charge in [0.05, 0.1) is 5.69 Å². The zero-order valence-corrected chi connectivity index (χ0v) is 11.5. The molecule has 2 atom stereocenters. The number of aromatic nitrogens is 2. The van der Waals surface area contributed by atoms with E-state index < -0.39 is 5.97 Å². The summed E-state index contributed by atoms with van der Waals surface area (Å²) in [7, 11) is 1.77. The second-order valence-corrected chi connectivity index (χ2v) is 5.24. The van der Waals surface area contributed by atoms with Gasteiger partial charge in [-0.2, -0.15) is 5.10 Å². The Morgan fingerprint density at radius 2 is 2.10 bits per heavy atom. The molecule has 1 heterocycles. The molecule has 0 spiro atoms. The van der Waals surface area contributed by atoms with Crippen LogP contribution in [0.4, 0.5) is 5.82 Å². The predicted molar refractivity (Wildman–Crippen MR) is 76.1 cm³/mol. The van der Waals surface area contributed by atoms with E-state index in [1.165, 1.54) is 5.56 Å². The van der Waals surface area contributed by atoms with E-state index in [9.17, 15) is 9.90 Å². The highest BCUT2D eigenvalue weighted by Crippen LogP contribution is 2.43. The van der Waals surface area contributed by atoms with Crippen molar-refractivity contribution >= 4 is 11.8 Å². The summed E-state index contributed by atoms with van der Waals surface area (Å²) in [6, 6.07) is 10.6. The molecule has 3 rings (SSSR count). The number of anilines is 1. The molecule has 0 amide bonds. The van der Waals surface area contributed by atoms with Crippen molar-refractivity contribution in [3.05, 3.63) is 47.2 Å². The third-order valence-electron chi connectivity index (χ3n) is 3.78. The zero-order valence-electron chi connectivity index (χ0n) is 11.5. The van der Waals surface area contributed by atoms with Crippen LogP contribution in [0.25, 0.3) is 0 Å². The lowest BCUT2D eigenvalue weighted by molar-refractivity contribution is 0.0697. The third-order valence-corrected chi connectivity index (χ3v) is 3.78. The van der Waals surface area contributed by atoms with Gasteiger partial charge in [0.2, 0.25) is 0 Å². The molecular formula is C15H17N3O2. The molecule has 0 radical (unpaired) electrons. The van der Waals surface area contributed by atoms with E-state index in [0.717, 1.165) is 6.42 Å². The minimum atomic E-state index is -0.935. The monoisotopic (exact) mass is 271 g/mol. The zero-order chi connectivity index (χ0) is 14.3. The highest BCUT2D eigenvalue weighted by molar-refractivity contribution is 5.94. The van der Waals surface area contributed by atoms with Crippen molar-refractivity contribution in [1.29, 1.82) is 0 Å². The number of nitrogens with zero attached hydrogens (tertiary/aromatic N) is 2. The summed E-state index contributed by atoms with van der Waals surface area (Å²) in [6.07, 6.45) is 1.02. The summed E-state index contributed by atoms with van der Waals surface area (Å²) in [5.74, 6) is 0.112. The van der Waals surface area contributed by atoms with Crippen molar-refractivity contribution < 1.29 is 9.90 Å². The molecular weight excluding hydrogens is 254 g/mol. The van der Waals surface area contributed by atoms with Gasteiger partial charge in [0.15, 0.2) is 0 Å². The molecule has 0 bridgehead atoms. The molecule has 20 heavy (non-hydrogen) atoms. The number of carboxylic acids is 1. The number of carbonyl (C=O) groups is 1. The Morgan fingerprint density at radius 3 is 2.75 bits per heavy atom. The Bertz CT molecular complexity index is 649. The predicted octanol–water partition coefficient (Wildman–Crippen LogP) is 2.39. The van der Waals surface area contributed by atoms with Crippen LogP contribution in [-0.2, 0) is 7.05 Å². The van der Waals surface area contributed by atoms with Gasteiger partial charge in [-0.05, 0) is 18.9 Å². The summed E-state index contributed by atoms with van der Waals surface area (Å²) in [5.41, 5.74) is 2.10. The molecule has 1 aromatic heterocycles. The van der Waals surface area contributed by atoms with Crippen LogP contribution < -0.4 is 5.32 Å². The first-order chi connectivity index (χ1) is 9.58. The van der Waals surface area contributed by atoms with Crippen LogP contribution in [0.15, 0.2) is 30.3 Å². The lowest BCUT2D eigenvalue weighted by Crippen LogP contribution is -2.12. The largest absolute Gasteiger partial charge is 0.477 e. The van der Waals surface area contributed by atoms with Crippen molar-refractivity contribution in [2.24, 2.45) is 7.05 Å². The summed E-state index contributed by atoms with van der Waals surface area (Å²) >= 11 is 0. The maximum atomic E-state index is 11.3. The fourth-order valence-electron chi connectivity index (χ4n) is 2.68. The van der Waals surface area contributed by atoms with Crippen molar-refractivity contribution in [3.8, 4) is 0 Å². The number of benzene rings is 1. The van der Waals surface area contributed by atoms with Crippen molar-refractivity contribution in [1.82, 2.24) is 9.78 Å². The van der Waals surface area contributed by atoms with E-state index in [2.05, 4.69) is 22.5 Å². The molecule has 2 aromatic rings. The second kappa shape index (κ2) is 4.67. The van der Waals surface area contributed by atoms with E-state index in [4.69, 9.17) is 0 Å². The van der Waals surface area contributed by atoms with Gasteiger partial charge in [-0.3, -0.25) is 4.68 Å². The SMILES string of the molecule is Cc1nn(C)c(NC2CC2c2ccccc2)c1C(=O)O. The second-order valence-electron chi connectivity index (χ2n) is 5.24. The van der Waals surface area contributed by atoms with Crippen LogP contribution in [0.3, 0.4) is 0 Å². The van der Waals surface area contributed by atoms with E-state index in [0.29, 0.717) is 17.4 Å². The summed E-state index contributed by atoms with van der Waals surface area (Å²) in [5, 5.41) is 16.8. The molecule has 1 aliphatic carbocycles. The molecule has 2 unspecified atom stereocenters. The molecule has 1 fully saturated rings. The maximum absolute atomic E-state index is 11.3. The van der Waals surface area contributed by atoms with Gasteiger partial charge in [-0.25, -0.2) is 4.79 Å². The van der Waals surface area contributed by atoms with Crippen molar-refractivity contribution in [2.45, 2.75) is 25.3 Å². The Morgan fingerprint density at radius 1 is 1.40 bits per heavy atom. The molecule has 1 aliphatic rings. The van der Waals surface area contributed by atoms with E-state index in [-0.39, 0.29) is 11.6 Å². The van der Waals surface area contributed by atoms with Crippen molar-refractivity contribution in [2.75, 3.05) is 5.32 Å². The maximum Gasteiger partial charge on any atom is 0.341 e. The minimum Gasteiger partial charge on any atom is -0.477 e. The highest BCUT2D eigenvalue weighted by Gasteiger charge is 2.39. The van der Waals surface area contributed by atoms with Gasteiger partial charge in [0, 0.05) is 19.0 Å². The first-order valence-corrected chi connectivity index (χ1v) is 6.66. The molecule has 1 saturated carbocycles.